The van der Waals surface area contributed by atoms with E-state index in [-0.39, 0.29) is 11.4 Å². The summed E-state index contributed by atoms with van der Waals surface area (Å²) in [4.78, 5) is 21.8. The lowest BCUT2D eigenvalue weighted by atomic mass is 10.1. The molecule has 4 rings (SSSR count). The van der Waals surface area contributed by atoms with Crippen LogP contribution in [-0.4, -0.2) is 28.5 Å². The highest BCUT2D eigenvalue weighted by Crippen LogP contribution is 2.22. The van der Waals surface area contributed by atoms with Crippen molar-refractivity contribution in [2.75, 3.05) is 13.7 Å². The van der Waals surface area contributed by atoms with Crippen LogP contribution in [-0.2, 0) is 19.5 Å². The smallest absolute Gasteiger partial charge is 0.256 e. The summed E-state index contributed by atoms with van der Waals surface area (Å²) in [6, 6.07) is 8.33. The van der Waals surface area contributed by atoms with Crippen molar-refractivity contribution in [3.8, 4) is 17.3 Å². The van der Waals surface area contributed by atoms with E-state index in [9.17, 15) is 9.18 Å². The molecule has 134 valence electrons. The number of aromatic nitrogens is 2. The average molecular weight is 355 g/mol. The van der Waals surface area contributed by atoms with Crippen LogP contribution >= 0.6 is 0 Å². The number of halogens is 1. The number of fused-ring (bicyclic) bond motifs is 1. The molecule has 3 aromatic rings. The minimum atomic E-state index is -0.310. The van der Waals surface area contributed by atoms with Gasteiger partial charge in [0.15, 0.2) is 11.6 Å². The van der Waals surface area contributed by atoms with E-state index in [2.05, 4.69) is 9.97 Å². The van der Waals surface area contributed by atoms with Gasteiger partial charge in [-0.05, 0) is 18.2 Å². The molecule has 1 aliphatic rings. The van der Waals surface area contributed by atoms with Crippen molar-refractivity contribution in [1.82, 2.24) is 14.9 Å². The number of aromatic amines is 1. The maximum atomic E-state index is 14.2. The lowest BCUT2D eigenvalue weighted by Gasteiger charge is -2.27. The third-order valence-corrected chi connectivity index (χ3v) is 4.56. The number of ether oxygens (including phenoxy) is 1. The second-order valence-electron chi connectivity index (χ2n) is 6.24. The molecule has 1 N–H and O–H groups in total. The largest absolute Gasteiger partial charge is 0.497 e. The molecule has 0 saturated carbocycles. The van der Waals surface area contributed by atoms with Crippen molar-refractivity contribution >= 4 is 0 Å². The fraction of sp³-hybridized carbons (Fsp3) is 0.263. The lowest BCUT2D eigenvalue weighted by Crippen LogP contribution is -2.35. The molecule has 0 radical (unpaired) electrons. The highest BCUT2D eigenvalue weighted by Gasteiger charge is 2.22. The predicted octanol–water partition coefficient (Wildman–Crippen LogP) is 2.74. The van der Waals surface area contributed by atoms with E-state index < -0.39 is 0 Å². The molecule has 26 heavy (non-hydrogen) atoms. The predicted molar refractivity (Wildman–Crippen MR) is 93.3 cm³/mol. The number of nitrogens with one attached hydrogen (secondary N) is 1. The highest BCUT2D eigenvalue weighted by atomic mass is 19.1. The first kappa shape index (κ1) is 16.5. The van der Waals surface area contributed by atoms with Gasteiger partial charge in [-0.25, -0.2) is 9.37 Å². The standard InChI is InChI=1S/C19H18FN3O3/c1-25-13-5-4-12(15(20)9-13)10-23-7-6-16-14(11-23)19(24)22-18(21-16)17-3-2-8-26-17/h2-5,8-9H,6-7,10-11H2,1H3,(H,21,22,24). The van der Waals surface area contributed by atoms with Crippen molar-refractivity contribution in [3.05, 3.63) is 69.6 Å². The number of hydrogen-bond acceptors (Lipinski definition) is 5. The quantitative estimate of drug-likeness (QED) is 0.779. The summed E-state index contributed by atoms with van der Waals surface area (Å²) in [6.45, 7) is 1.56. The Morgan fingerprint density at radius 2 is 2.27 bits per heavy atom. The first-order chi connectivity index (χ1) is 12.6. The molecule has 0 bridgehead atoms. The molecule has 7 heteroatoms. The zero-order valence-electron chi connectivity index (χ0n) is 14.3. The van der Waals surface area contributed by atoms with Gasteiger partial charge in [-0.1, -0.05) is 6.07 Å². The molecule has 0 unspecified atom stereocenters. The van der Waals surface area contributed by atoms with E-state index in [4.69, 9.17) is 9.15 Å². The minimum Gasteiger partial charge on any atom is -0.497 e. The monoisotopic (exact) mass is 355 g/mol. The second kappa shape index (κ2) is 6.76. The average Bonchev–Trinajstić information content (AvgIpc) is 3.18. The number of nitrogens with zero attached hydrogens (tertiary/aromatic N) is 2. The van der Waals surface area contributed by atoms with E-state index >= 15 is 0 Å². The molecule has 3 heterocycles. The van der Waals surface area contributed by atoms with Crippen molar-refractivity contribution in [3.63, 3.8) is 0 Å². The van der Waals surface area contributed by atoms with Crippen molar-refractivity contribution in [2.45, 2.75) is 19.5 Å². The van der Waals surface area contributed by atoms with Crippen LogP contribution in [0.25, 0.3) is 11.6 Å². The molecule has 0 atom stereocenters. The van der Waals surface area contributed by atoms with Crippen molar-refractivity contribution in [2.24, 2.45) is 0 Å². The Morgan fingerprint density at radius 1 is 1.38 bits per heavy atom. The van der Waals surface area contributed by atoms with Gasteiger partial charge in [0, 0.05) is 37.7 Å². The van der Waals surface area contributed by atoms with Crippen LogP contribution in [0, 0.1) is 5.82 Å². The van der Waals surface area contributed by atoms with Gasteiger partial charge in [0.2, 0.25) is 0 Å². The Morgan fingerprint density at radius 3 is 3.00 bits per heavy atom. The summed E-state index contributed by atoms with van der Waals surface area (Å²) in [5, 5.41) is 0. The molecule has 1 aromatic carbocycles. The van der Waals surface area contributed by atoms with E-state index in [1.807, 2.05) is 4.90 Å². The van der Waals surface area contributed by atoms with Crippen LogP contribution in [0.2, 0.25) is 0 Å². The van der Waals surface area contributed by atoms with Gasteiger partial charge < -0.3 is 14.1 Å². The Labute approximate surface area is 149 Å². The summed E-state index contributed by atoms with van der Waals surface area (Å²) < 4.78 is 24.5. The van der Waals surface area contributed by atoms with Crippen LogP contribution in [0.3, 0.4) is 0 Å². The fourth-order valence-corrected chi connectivity index (χ4v) is 3.17. The number of H-pyrrole nitrogens is 1. The Kier molecular flexibility index (Phi) is 4.30. The number of benzene rings is 1. The molecule has 0 aliphatic carbocycles. The SMILES string of the molecule is COc1ccc(CN2CCc3nc(-c4ccco4)[nH]c(=O)c3C2)c(F)c1. The first-order valence-corrected chi connectivity index (χ1v) is 8.35. The molecule has 1 aliphatic heterocycles. The number of hydrogen-bond donors (Lipinski definition) is 1. The summed E-state index contributed by atoms with van der Waals surface area (Å²) >= 11 is 0. The van der Waals surface area contributed by atoms with Crippen molar-refractivity contribution < 1.29 is 13.5 Å². The molecule has 0 saturated heterocycles. The van der Waals surface area contributed by atoms with E-state index in [1.54, 1.807) is 30.5 Å². The molecule has 6 nitrogen and oxygen atoms in total. The van der Waals surface area contributed by atoms with Crippen LogP contribution in [0.1, 0.15) is 16.8 Å². The van der Waals surface area contributed by atoms with Gasteiger partial charge >= 0.3 is 0 Å². The van der Waals surface area contributed by atoms with Crippen LogP contribution < -0.4 is 10.3 Å². The topological polar surface area (TPSA) is 71.4 Å². The maximum absolute atomic E-state index is 14.2. The first-order valence-electron chi connectivity index (χ1n) is 8.35. The van der Waals surface area contributed by atoms with E-state index in [1.165, 1.54) is 13.2 Å². The van der Waals surface area contributed by atoms with E-state index in [0.717, 1.165) is 5.69 Å². The van der Waals surface area contributed by atoms with Gasteiger partial charge in [-0.2, -0.15) is 0 Å². The van der Waals surface area contributed by atoms with Gasteiger partial charge in [-0.3, -0.25) is 9.69 Å². The highest BCUT2D eigenvalue weighted by molar-refractivity contribution is 5.47. The molecular formula is C19H18FN3O3. The normalized spacial score (nSPS) is 14.2. The van der Waals surface area contributed by atoms with Gasteiger partial charge in [0.05, 0.1) is 24.6 Å². The summed E-state index contributed by atoms with van der Waals surface area (Å²) in [6.07, 6.45) is 2.17. The molecule has 2 aromatic heterocycles. The summed E-state index contributed by atoms with van der Waals surface area (Å²) in [5.74, 6) is 1.15. The Hall–Kier alpha value is -2.93. The Balaban J connectivity index is 1.56. The zero-order chi connectivity index (χ0) is 18.1. The molecule has 0 amide bonds. The third kappa shape index (κ3) is 3.13. The minimum absolute atomic E-state index is 0.179. The second-order valence-corrected chi connectivity index (χ2v) is 6.24. The third-order valence-electron chi connectivity index (χ3n) is 4.56. The van der Waals surface area contributed by atoms with Crippen LogP contribution in [0.5, 0.6) is 5.75 Å². The zero-order valence-corrected chi connectivity index (χ0v) is 14.3. The number of rotatable bonds is 4. The molecule has 0 spiro atoms. The van der Waals surface area contributed by atoms with Crippen LogP contribution in [0.15, 0.2) is 45.8 Å². The molecule has 0 fully saturated rings. The maximum Gasteiger partial charge on any atom is 0.256 e. The van der Waals surface area contributed by atoms with Crippen molar-refractivity contribution in [1.29, 1.82) is 0 Å². The molecular weight excluding hydrogens is 337 g/mol. The summed E-state index contributed by atoms with van der Waals surface area (Å²) in [7, 11) is 1.51. The Bertz CT molecular complexity index is 982. The summed E-state index contributed by atoms with van der Waals surface area (Å²) in [5.41, 5.74) is 1.79. The van der Waals surface area contributed by atoms with Gasteiger partial charge in [0.25, 0.3) is 5.56 Å². The number of methoxy groups -OCH3 is 1. The van der Waals surface area contributed by atoms with Crippen LogP contribution in [0.4, 0.5) is 4.39 Å². The lowest BCUT2D eigenvalue weighted by molar-refractivity contribution is 0.238. The van der Waals surface area contributed by atoms with Gasteiger partial charge in [0.1, 0.15) is 11.6 Å². The fourth-order valence-electron chi connectivity index (χ4n) is 3.17. The van der Waals surface area contributed by atoms with Gasteiger partial charge in [-0.15, -0.1) is 0 Å². The number of furan rings is 1. The van der Waals surface area contributed by atoms with E-state index in [0.29, 0.717) is 54.5 Å².